The highest BCUT2D eigenvalue weighted by Gasteiger charge is 2.38. The summed E-state index contributed by atoms with van der Waals surface area (Å²) in [6.45, 7) is 14.6. The molecule has 1 rings (SSSR count). The van der Waals surface area contributed by atoms with Crippen LogP contribution in [0.3, 0.4) is 0 Å². The fourth-order valence-electron chi connectivity index (χ4n) is 3.10. The highest BCUT2D eigenvalue weighted by atomic mass is 16.6. The number of nitriles is 1. The third kappa shape index (κ3) is 9.04. The Morgan fingerprint density at radius 1 is 1.07 bits per heavy atom. The standard InChI is InChI=1S/C22H37N3O5/c1-9-15(10-2)28-17-12-14(13-23)11-16(24-19(26)29-21(3,4)5)18(17)25-20(27)30-22(6,7)8/h12,15-18H,9-11H2,1-8H3,(H,24,26)(H,25,27)/t16-,17+,18+/m0/s1. The van der Waals surface area contributed by atoms with Crippen LogP contribution in [0.4, 0.5) is 9.59 Å². The second-order valence-electron chi connectivity index (χ2n) is 9.47. The predicted molar refractivity (Wildman–Crippen MR) is 114 cm³/mol. The molecule has 0 aromatic heterocycles. The van der Waals surface area contributed by atoms with Crippen LogP contribution in [0, 0.1) is 11.3 Å². The molecule has 0 saturated heterocycles. The maximum Gasteiger partial charge on any atom is 0.408 e. The molecular weight excluding hydrogens is 386 g/mol. The number of amides is 2. The van der Waals surface area contributed by atoms with E-state index < -0.39 is 41.6 Å². The number of carbonyl (C=O) groups excluding carboxylic acids is 2. The van der Waals surface area contributed by atoms with E-state index in [9.17, 15) is 14.9 Å². The SMILES string of the molecule is CCC(CC)O[C@@H]1C=C(C#N)C[C@H](NC(=O)OC(C)(C)C)[C@H]1NC(=O)OC(C)(C)C. The first-order valence-electron chi connectivity index (χ1n) is 10.5. The molecule has 0 heterocycles. The molecule has 0 fully saturated rings. The zero-order chi connectivity index (χ0) is 23.1. The Morgan fingerprint density at radius 2 is 1.57 bits per heavy atom. The third-order valence-electron chi connectivity index (χ3n) is 4.38. The van der Waals surface area contributed by atoms with Crippen LogP contribution in [0.5, 0.6) is 0 Å². The lowest BCUT2D eigenvalue weighted by atomic mass is 9.88. The van der Waals surface area contributed by atoms with Crippen molar-refractivity contribution in [3.8, 4) is 6.07 Å². The molecule has 0 aliphatic heterocycles. The minimum Gasteiger partial charge on any atom is -0.444 e. The Bertz CT molecular complexity index is 666. The molecule has 8 nitrogen and oxygen atoms in total. The van der Waals surface area contributed by atoms with Crippen LogP contribution >= 0.6 is 0 Å². The van der Waals surface area contributed by atoms with Gasteiger partial charge in [0.25, 0.3) is 0 Å². The molecular formula is C22H37N3O5. The smallest absolute Gasteiger partial charge is 0.408 e. The zero-order valence-electron chi connectivity index (χ0n) is 19.5. The molecule has 0 unspecified atom stereocenters. The summed E-state index contributed by atoms with van der Waals surface area (Å²) in [5.41, 5.74) is -0.868. The van der Waals surface area contributed by atoms with E-state index in [2.05, 4.69) is 16.7 Å². The number of hydrogen-bond acceptors (Lipinski definition) is 6. The van der Waals surface area contributed by atoms with Crippen molar-refractivity contribution in [1.29, 1.82) is 5.26 Å². The highest BCUT2D eigenvalue weighted by Crippen LogP contribution is 2.25. The Labute approximate surface area is 180 Å². The van der Waals surface area contributed by atoms with Gasteiger partial charge in [0, 0.05) is 12.0 Å². The predicted octanol–water partition coefficient (Wildman–Crippen LogP) is 4.20. The maximum absolute atomic E-state index is 12.5. The van der Waals surface area contributed by atoms with Crippen LogP contribution < -0.4 is 10.6 Å². The van der Waals surface area contributed by atoms with Gasteiger partial charge in [0.1, 0.15) is 11.2 Å². The van der Waals surface area contributed by atoms with Gasteiger partial charge in [-0.1, -0.05) is 13.8 Å². The first-order valence-corrected chi connectivity index (χ1v) is 10.5. The van der Waals surface area contributed by atoms with Crippen LogP contribution in [-0.4, -0.2) is 47.7 Å². The van der Waals surface area contributed by atoms with E-state index in [0.717, 1.165) is 12.8 Å². The zero-order valence-corrected chi connectivity index (χ0v) is 19.5. The van der Waals surface area contributed by atoms with Crippen LogP contribution in [0.1, 0.15) is 74.7 Å². The van der Waals surface area contributed by atoms with Gasteiger partial charge in [0.2, 0.25) is 0 Å². The molecule has 0 aromatic rings. The molecule has 1 aliphatic carbocycles. The molecule has 0 bridgehead atoms. The molecule has 1 aliphatic rings. The maximum atomic E-state index is 12.5. The minimum absolute atomic E-state index is 0.0468. The Kier molecular flexibility index (Phi) is 9.16. The Balaban J connectivity index is 3.16. The number of carbonyl (C=O) groups is 2. The van der Waals surface area contributed by atoms with E-state index in [1.807, 2.05) is 13.8 Å². The summed E-state index contributed by atoms with van der Waals surface area (Å²) in [7, 11) is 0. The van der Waals surface area contributed by atoms with Crippen molar-refractivity contribution >= 4 is 12.2 Å². The van der Waals surface area contributed by atoms with E-state index in [-0.39, 0.29) is 12.5 Å². The number of nitrogens with zero attached hydrogens (tertiary/aromatic N) is 1. The minimum atomic E-state index is -0.674. The molecule has 0 spiro atoms. The average molecular weight is 424 g/mol. The van der Waals surface area contributed by atoms with Gasteiger partial charge >= 0.3 is 12.2 Å². The number of hydrogen-bond donors (Lipinski definition) is 2. The van der Waals surface area contributed by atoms with Crippen molar-refractivity contribution < 1.29 is 23.8 Å². The van der Waals surface area contributed by atoms with Crippen molar-refractivity contribution in [1.82, 2.24) is 10.6 Å². The molecule has 3 atom stereocenters. The van der Waals surface area contributed by atoms with Crippen molar-refractivity contribution in [2.24, 2.45) is 0 Å². The van der Waals surface area contributed by atoms with Gasteiger partial charge in [-0.2, -0.15) is 5.26 Å². The number of ether oxygens (including phenoxy) is 3. The van der Waals surface area contributed by atoms with Gasteiger partial charge in [-0.25, -0.2) is 9.59 Å². The fraction of sp³-hybridized carbons (Fsp3) is 0.773. The van der Waals surface area contributed by atoms with Gasteiger partial charge in [0.05, 0.1) is 30.4 Å². The fourth-order valence-corrected chi connectivity index (χ4v) is 3.10. The lowest BCUT2D eigenvalue weighted by Crippen LogP contribution is -2.60. The topological polar surface area (TPSA) is 110 Å². The second kappa shape index (κ2) is 10.7. The average Bonchev–Trinajstić information content (AvgIpc) is 2.58. The molecule has 0 radical (unpaired) electrons. The van der Waals surface area contributed by atoms with Crippen molar-refractivity contribution in [2.45, 2.75) is 110 Å². The lowest BCUT2D eigenvalue weighted by Gasteiger charge is -2.38. The van der Waals surface area contributed by atoms with Crippen molar-refractivity contribution in [3.63, 3.8) is 0 Å². The normalized spacial score (nSPS) is 22.0. The molecule has 2 N–H and O–H groups in total. The molecule has 170 valence electrons. The summed E-state index contributed by atoms with van der Waals surface area (Å²) in [6.07, 6.45) is 1.66. The summed E-state index contributed by atoms with van der Waals surface area (Å²) in [6, 6.07) is 0.940. The number of nitrogens with one attached hydrogen (secondary N) is 2. The lowest BCUT2D eigenvalue weighted by molar-refractivity contribution is -0.0238. The van der Waals surface area contributed by atoms with Crippen LogP contribution in [-0.2, 0) is 14.2 Å². The van der Waals surface area contributed by atoms with E-state index in [1.165, 1.54) is 0 Å². The molecule has 8 heteroatoms. The van der Waals surface area contributed by atoms with Crippen LogP contribution in [0.25, 0.3) is 0 Å². The molecule has 0 saturated carbocycles. The second-order valence-corrected chi connectivity index (χ2v) is 9.47. The third-order valence-corrected chi connectivity index (χ3v) is 4.38. The van der Waals surface area contributed by atoms with E-state index in [1.54, 1.807) is 47.6 Å². The molecule has 0 aromatic carbocycles. The van der Waals surface area contributed by atoms with Crippen LogP contribution in [0.2, 0.25) is 0 Å². The van der Waals surface area contributed by atoms with Gasteiger partial charge in [-0.15, -0.1) is 0 Å². The van der Waals surface area contributed by atoms with Gasteiger partial charge in [-0.3, -0.25) is 0 Å². The summed E-state index contributed by atoms with van der Waals surface area (Å²) < 4.78 is 17.0. The number of rotatable bonds is 6. The quantitative estimate of drug-likeness (QED) is 0.662. The monoisotopic (exact) mass is 423 g/mol. The van der Waals surface area contributed by atoms with E-state index >= 15 is 0 Å². The Hall–Kier alpha value is -2.27. The van der Waals surface area contributed by atoms with Crippen molar-refractivity contribution in [3.05, 3.63) is 11.6 Å². The van der Waals surface area contributed by atoms with E-state index in [0.29, 0.717) is 5.57 Å². The number of alkyl carbamates (subject to hydrolysis) is 2. The first kappa shape index (κ1) is 25.8. The Morgan fingerprint density at radius 3 is 2.00 bits per heavy atom. The summed E-state index contributed by atoms with van der Waals surface area (Å²) in [4.78, 5) is 24.9. The first-order chi connectivity index (χ1) is 13.8. The van der Waals surface area contributed by atoms with Crippen LogP contribution in [0.15, 0.2) is 11.6 Å². The molecule has 30 heavy (non-hydrogen) atoms. The van der Waals surface area contributed by atoms with Gasteiger partial charge < -0.3 is 24.8 Å². The van der Waals surface area contributed by atoms with Crippen molar-refractivity contribution in [2.75, 3.05) is 0 Å². The summed E-state index contributed by atoms with van der Waals surface area (Å²) >= 11 is 0. The largest absolute Gasteiger partial charge is 0.444 e. The summed E-state index contributed by atoms with van der Waals surface area (Å²) in [5, 5.41) is 15.1. The highest BCUT2D eigenvalue weighted by molar-refractivity contribution is 5.70. The van der Waals surface area contributed by atoms with Gasteiger partial charge in [0.15, 0.2) is 0 Å². The van der Waals surface area contributed by atoms with E-state index in [4.69, 9.17) is 14.2 Å². The van der Waals surface area contributed by atoms with Gasteiger partial charge in [-0.05, 0) is 60.5 Å². The summed E-state index contributed by atoms with van der Waals surface area (Å²) in [5.74, 6) is 0. The molecule has 2 amide bonds.